The SMILES string of the molecule is CC(NC1CCN(C)C1)c1ncc(Br)s1. The Labute approximate surface area is 103 Å². The first-order valence-electron chi connectivity index (χ1n) is 5.21. The summed E-state index contributed by atoms with van der Waals surface area (Å²) in [6, 6.07) is 0.977. The maximum Gasteiger partial charge on any atom is 0.110 e. The summed E-state index contributed by atoms with van der Waals surface area (Å²) in [7, 11) is 2.17. The van der Waals surface area contributed by atoms with E-state index in [1.165, 1.54) is 13.0 Å². The molecule has 15 heavy (non-hydrogen) atoms. The van der Waals surface area contributed by atoms with Gasteiger partial charge in [0.2, 0.25) is 0 Å². The summed E-state index contributed by atoms with van der Waals surface area (Å²) in [6.45, 7) is 4.53. The molecule has 0 saturated carbocycles. The average molecular weight is 290 g/mol. The van der Waals surface area contributed by atoms with Crippen LogP contribution in [-0.2, 0) is 0 Å². The third kappa shape index (κ3) is 3.00. The van der Waals surface area contributed by atoms with E-state index in [0.717, 1.165) is 15.3 Å². The molecule has 0 aliphatic carbocycles. The lowest BCUT2D eigenvalue weighted by molar-refractivity contribution is 0.387. The smallest absolute Gasteiger partial charge is 0.110 e. The lowest BCUT2D eigenvalue weighted by atomic mass is 10.2. The quantitative estimate of drug-likeness (QED) is 0.925. The van der Waals surface area contributed by atoms with E-state index in [0.29, 0.717) is 12.1 Å². The third-order valence-corrected chi connectivity index (χ3v) is 4.40. The van der Waals surface area contributed by atoms with Crippen molar-refractivity contribution in [3.05, 3.63) is 15.0 Å². The molecule has 0 amide bonds. The number of nitrogens with one attached hydrogen (secondary N) is 1. The van der Waals surface area contributed by atoms with Crippen LogP contribution >= 0.6 is 27.3 Å². The molecule has 1 aliphatic heterocycles. The second kappa shape index (κ2) is 4.91. The first-order chi connectivity index (χ1) is 7.15. The van der Waals surface area contributed by atoms with Gasteiger partial charge in [-0.2, -0.15) is 0 Å². The number of thiazole rings is 1. The monoisotopic (exact) mass is 289 g/mol. The number of hydrogen-bond donors (Lipinski definition) is 1. The van der Waals surface area contributed by atoms with E-state index >= 15 is 0 Å². The molecule has 2 rings (SSSR count). The van der Waals surface area contributed by atoms with Crippen molar-refractivity contribution < 1.29 is 0 Å². The normalized spacial score (nSPS) is 24.6. The van der Waals surface area contributed by atoms with Crippen molar-refractivity contribution in [3.63, 3.8) is 0 Å². The van der Waals surface area contributed by atoms with Gasteiger partial charge < -0.3 is 10.2 Å². The van der Waals surface area contributed by atoms with Gasteiger partial charge in [-0.1, -0.05) is 0 Å². The summed E-state index contributed by atoms with van der Waals surface area (Å²) >= 11 is 5.15. The zero-order valence-electron chi connectivity index (χ0n) is 9.03. The molecule has 1 aromatic rings. The Kier molecular flexibility index (Phi) is 3.77. The lowest BCUT2D eigenvalue weighted by Gasteiger charge is -2.17. The van der Waals surface area contributed by atoms with Crippen LogP contribution in [0.15, 0.2) is 9.98 Å². The Bertz CT molecular complexity index is 328. The number of hydrogen-bond acceptors (Lipinski definition) is 4. The number of halogens is 1. The van der Waals surface area contributed by atoms with Crippen LogP contribution < -0.4 is 5.32 Å². The van der Waals surface area contributed by atoms with Crippen LogP contribution in [-0.4, -0.2) is 36.1 Å². The summed E-state index contributed by atoms with van der Waals surface area (Å²) in [5.41, 5.74) is 0. The molecule has 2 heterocycles. The van der Waals surface area contributed by atoms with Crippen LogP contribution in [0, 0.1) is 0 Å². The highest BCUT2D eigenvalue weighted by Crippen LogP contribution is 2.25. The van der Waals surface area contributed by atoms with E-state index in [1.807, 2.05) is 6.20 Å². The summed E-state index contributed by atoms with van der Waals surface area (Å²) in [5, 5.41) is 4.79. The zero-order chi connectivity index (χ0) is 10.8. The van der Waals surface area contributed by atoms with E-state index in [1.54, 1.807) is 11.3 Å². The van der Waals surface area contributed by atoms with E-state index in [2.05, 4.69) is 45.1 Å². The second-order valence-electron chi connectivity index (χ2n) is 4.14. The standard InChI is InChI=1S/C10H16BrN3S/c1-7(10-12-5-9(11)15-10)13-8-3-4-14(2)6-8/h5,7-8,13H,3-4,6H2,1-2H3. The van der Waals surface area contributed by atoms with E-state index in [-0.39, 0.29) is 0 Å². The van der Waals surface area contributed by atoms with Gasteiger partial charge in [-0.3, -0.25) is 0 Å². The Morgan fingerprint density at radius 3 is 3.07 bits per heavy atom. The molecule has 0 radical (unpaired) electrons. The fourth-order valence-electron chi connectivity index (χ4n) is 1.96. The molecule has 1 N–H and O–H groups in total. The van der Waals surface area contributed by atoms with Crippen molar-refractivity contribution in [1.82, 2.24) is 15.2 Å². The maximum atomic E-state index is 4.37. The van der Waals surface area contributed by atoms with Crippen LogP contribution in [0.2, 0.25) is 0 Å². The molecule has 1 aliphatic rings. The van der Waals surface area contributed by atoms with Crippen LogP contribution in [0.5, 0.6) is 0 Å². The van der Waals surface area contributed by atoms with E-state index in [9.17, 15) is 0 Å². The van der Waals surface area contributed by atoms with Crippen molar-refractivity contribution in [2.75, 3.05) is 20.1 Å². The number of nitrogens with zero attached hydrogens (tertiary/aromatic N) is 2. The Hall–Kier alpha value is 0.0300. The predicted octanol–water partition coefficient (Wildman–Crippen LogP) is 2.26. The number of aromatic nitrogens is 1. The van der Waals surface area contributed by atoms with Crippen molar-refractivity contribution in [2.24, 2.45) is 0 Å². The minimum atomic E-state index is 0.359. The molecule has 0 aromatic carbocycles. The summed E-state index contributed by atoms with van der Waals surface area (Å²) in [6.07, 6.45) is 3.12. The van der Waals surface area contributed by atoms with Gasteiger partial charge in [0, 0.05) is 12.6 Å². The molecular weight excluding hydrogens is 274 g/mol. The second-order valence-corrected chi connectivity index (χ2v) is 6.58. The van der Waals surface area contributed by atoms with Gasteiger partial charge in [-0.25, -0.2) is 4.98 Å². The zero-order valence-corrected chi connectivity index (χ0v) is 11.4. The molecule has 1 aromatic heterocycles. The van der Waals surface area contributed by atoms with Gasteiger partial charge in [-0.15, -0.1) is 11.3 Å². The van der Waals surface area contributed by atoms with E-state index < -0.39 is 0 Å². The van der Waals surface area contributed by atoms with Gasteiger partial charge in [0.1, 0.15) is 5.01 Å². The van der Waals surface area contributed by atoms with Gasteiger partial charge in [0.25, 0.3) is 0 Å². The maximum absolute atomic E-state index is 4.37. The first-order valence-corrected chi connectivity index (χ1v) is 6.82. The van der Waals surface area contributed by atoms with Crippen LogP contribution in [0.3, 0.4) is 0 Å². The molecule has 2 unspecified atom stereocenters. The fraction of sp³-hybridized carbons (Fsp3) is 0.700. The molecule has 1 saturated heterocycles. The fourth-order valence-corrected chi connectivity index (χ4v) is 3.22. The molecule has 2 atom stereocenters. The van der Waals surface area contributed by atoms with Crippen LogP contribution in [0.25, 0.3) is 0 Å². The third-order valence-electron chi connectivity index (χ3n) is 2.74. The summed E-state index contributed by atoms with van der Waals surface area (Å²) in [5.74, 6) is 0. The van der Waals surface area contributed by atoms with Crippen molar-refractivity contribution >= 4 is 27.3 Å². The first kappa shape index (κ1) is 11.5. The molecule has 0 bridgehead atoms. The van der Waals surface area contributed by atoms with Crippen LogP contribution in [0.4, 0.5) is 0 Å². The van der Waals surface area contributed by atoms with Crippen LogP contribution in [0.1, 0.15) is 24.4 Å². The Morgan fingerprint density at radius 2 is 2.53 bits per heavy atom. The number of likely N-dealkylation sites (tertiary alicyclic amines) is 1. The van der Waals surface area contributed by atoms with Gasteiger partial charge >= 0.3 is 0 Å². The number of likely N-dealkylation sites (N-methyl/N-ethyl adjacent to an activating group) is 1. The predicted molar refractivity (Wildman–Crippen MR) is 67.3 cm³/mol. The average Bonchev–Trinajstić information content (AvgIpc) is 2.75. The molecule has 3 nitrogen and oxygen atoms in total. The Balaban J connectivity index is 1.89. The van der Waals surface area contributed by atoms with Gasteiger partial charge in [0.15, 0.2) is 0 Å². The molecular formula is C10H16BrN3S. The highest BCUT2D eigenvalue weighted by molar-refractivity contribution is 9.11. The highest BCUT2D eigenvalue weighted by Gasteiger charge is 2.22. The van der Waals surface area contributed by atoms with Gasteiger partial charge in [-0.05, 0) is 42.9 Å². The largest absolute Gasteiger partial charge is 0.305 e. The van der Waals surface area contributed by atoms with Crippen molar-refractivity contribution in [3.8, 4) is 0 Å². The van der Waals surface area contributed by atoms with E-state index in [4.69, 9.17) is 0 Å². The summed E-state index contributed by atoms with van der Waals surface area (Å²) < 4.78 is 1.11. The topological polar surface area (TPSA) is 28.2 Å². The number of rotatable bonds is 3. The Morgan fingerprint density at radius 1 is 1.73 bits per heavy atom. The lowest BCUT2D eigenvalue weighted by Crippen LogP contribution is -2.33. The molecule has 84 valence electrons. The molecule has 0 spiro atoms. The van der Waals surface area contributed by atoms with Crippen molar-refractivity contribution in [1.29, 1.82) is 0 Å². The molecule has 5 heteroatoms. The molecule has 1 fully saturated rings. The van der Waals surface area contributed by atoms with Gasteiger partial charge in [0.05, 0.1) is 16.0 Å². The minimum Gasteiger partial charge on any atom is -0.305 e. The minimum absolute atomic E-state index is 0.359. The summed E-state index contributed by atoms with van der Waals surface area (Å²) in [4.78, 5) is 6.74. The van der Waals surface area contributed by atoms with Crippen molar-refractivity contribution in [2.45, 2.75) is 25.4 Å². The highest BCUT2D eigenvalue weighted by atomic mass is 79.9.